The van der Waals surface area contributed by atoms with Gasteiger partial charge in [-0.25, -0.2) is 9.37 Å². The fourth-order valence-electron chi connectivity index (χ4n) is 4.69. The molecule has 4 aromatic rings. The van der Waals surface area contributed by atoms with Crippen molar-refractivity contribution in [1.82, 2.24) is 19.8 Å². The first-order chi connectivity index (χ1) is 17.2. The Bertz CT molecular complexity index is 1410. The zero-order chi connectivity index (χ0) is 25.6. The Morgan fingerprint density at radius 1 is 0.944 bits per heavy atom. The molecule has 8 heteroatoms. The van der Waals surface area contributed by atoms with E-state index in [9.17, 15) is 0 Å². The largest absolute Gasteiger partial charge is 0.358 e. The Morgan fingerprint density at radius 2 is 1.67 bits per heavy atom. The van der Waals surface area contributed by atoms with Gasteiger partial charge in [0.15, 0.2) is 5.82 Å². The highest BCUT2D eigenvalue weighted by atomic mass is 35.5. The highest BCUT2D eigenvalue weighted by Crippen LogP contribution is 2.41. The molecule has 0 radical (unpaired) electrons. The van der Waals surface area contributed by atoms with Gasteiger partial charge in [-0.1, -0.05) is 54.1 Å². The molecule has 0 bridgehead atoms. The lowest BCUT2D eigenvalue weighted by molar-refractivity contribution is 0.245. The van der Waals surface area contributed by atoms with Crippen LogP contribution in [0.3, 0.4) is 0 Å². The molecule has 1 aliphatic rings. The summed E-state index contributed by atoms with van der Waals surface area (Å²) in [5.74, 6) is 0.831. The minimum atomic E-state index is -0.413. The van der Waals surface area contributed by atoms with Gasteiger partial charge in [0.25, 0.3) is 0 Å². The Kier molecular flexibility index (Phi) is 6.72. The molecule has 1 aliphatic heterocycles. The molecule has 1 aromatic heterocycles. The molecule has 188 valence electrons. The first-order valence-electron chi connectivity index (χ1n) is 12.2. The van der Waals surface area contributed by atoms with Crippen LogP contribution in [0.5, 0.6) is 0 Å². The average molecular weight is 507 g/mol. The zero-order valence-electron chi connectivity index (χ0n) is 21.5. The third-order valence-electron chi connectivity index (χ3n) is 7.03. The molecule has 36 heavy (non-hydrogen) atoms. The van der Waals surface area contributed by atoms with Crippen molar-refractivity contribution < 1.29 is 4.39 Å². The number of hydrogen-bond acceptors (Lipinski definition) is 6. The predicted octanol–water partition coefficient (Wildman–Crippen LogP) is 4.99. The van der Waals surface area contributed by atoms with Gasteiger partial charge in [-0.3, -0.25) is 0 Å². The smallest absolute Gasteiger partial charge is 0.228 e. The van der Waals surface area contributed by atoms with E-state index in [2.05, 4.69) is 33.7 Å². The molecule has 3 aromatic carbocycles. The van der Waals surface area contributed by atoms with Crippen LogP contribution >= 0.6 is 11.6 Å². The number of likely N-dealkylation sites (N-methyl/N-ethyl adjacent to an activating group) is 3. The molecule has 0 unspecified atom stereocenters. The van der Waals surface area contributed by atoms with E-state index in [1.807, 2.05) is 69.7 Å². The fourth-order valence-corrected chi connectivity index (χ4v) is 4.99. The maximum Gasteiger partial charge on any atom is 0.228 e. The number of halogens is 2. The van der Waals surface area contributed by atoms with Crippen LogP contribution < -0.4 is 9.80 Å². The highest BCUT2D eigenvalue weighted by molar-refractivity contribution is 6.35. The highest BCUT2D eigenvalue weighted by Gasteiger charge is 2.32. The van der Waals surface area contributed by atoms with Crippen LogP contribution in [0.25, 0.3) is 32.8 Å². The third kappa shape index (κ3) is 4.47. The molecule has 5 rings (SSSR count). The molecule has 0 aliphatic carbocycles. The molecule has 2 heterocycles. The molecule has 0 atom stereocenters. The maximum absolute atomic E-state index is 16.4. The van der Waals surface area contributed by atoms with Crippen LogP contribution in [0.4, 0.5) is 16.2 Å². The van der Waals surface area contributed by atoms with Crippen molar-refractivity contribution in [2.24, 2.45) is 0 Å². The first-order valence-corrected chi connectivity index (χ1v) is 12.6. The van der Waals surface area contributed by atoms with Crippen LogP contribution in [0, 0.1) is 5.82 Å². The number of nitrogens with zero attached hydrogens (tertiary/aromatic N) is 6. The van der Waals surface area contributed by atoms with Crippen molar-refractivity contribution >= 4 is 45.0 Å². The summed E-state index contributed by atoms with van der Waals surface area (Å²) < 4.78 is 16.4. The van der Waals surface area contributed by atoms with Crippen molar-refractivity contribution in [1.29, 1.82) is 0 Å². The third-order valence-corrected chi connectivity index (χ3v) is 7.33. The van der Waals surface area contributed by atoms with Gasteiger partial charge >= 0.3 is 0 Å². The molecule has 0 saturated carbocycles. The van der Waals surface area contributed by atoms with Gasteiger partial charge in [0.05, 0.1) is 5.02 Å². The van der Waals surface area contributed by atoms with Crippen LogP contribution in [-0.2, 0) is 0 Å². The summed E-state index contributed by atoms with van der Waals surface area (Å²) in [5.41, 5.74) is 1.44. The van der Waals surface area contributed by atoms with Gasteiger partial charge in [-0.05, 0) is 50.6 Å². The number of benzene rings is 3. The standard InChI is InChI=1S/C28H32ClFN6/c1-33(2)13-14-35(5)27-22-15-23(29)24(21-12-8-10-18-9-6-7-11-20(18)21)25(30)26(22)31-28(32-27)36-16-19(17-36)34(3)4/h6-12,15,19H,13-14,16-17H2,1-5H3. The lowest BCUT2D eigenvalue weighted by Gasteiger charge is -2.43. The number of rotatable bonds is 7. The molecule has 0 N–H and O–H groups in total. The van der Waals surface area contributed by atoms with Crippen molar-refractivity contribution in [3.8, 4) is 11.1 Å². The Hall–Kier alpha value is -3.00. The molecule has 6 nitrogen and oxygen atoms in total. The zero-order valence-corrected chi connectivity index (χ0v) is 22.2. The van der Waals surface area contributed by atoms with Gasteiger partial charge in [-0.15, -0.1) is 0 Å². The number of fused-ring (bicyclic) bond motifs is 2. The predicted molar refractivity (Wildman–Crippen MR) is 149 cm³/mol. The van der Waals surface area contributed by atoms with E-state index in [1.54, 1.807) is 0 Å². The van der Waals surface area contributed by atoms with E-state index >= 15 is 4.39 Å². The molecular formula is C28H32ClFN6. The molecule has 0 spiro atoms. The second-order valence-electron chi connectivity index (χ2n) is 10.1. The van der Waals surface area contributed by atoms with Crippen LogP contribution in [0.2, 0.25) is 5.02 Å². The Labute approximate surface area is 216 Å². The van der Waals surface area contributed by atoms with E-state index in [0.29, 0.717) is 39.3 Å². The molecular weight excluding hydrogens is 475 g/mol. The van der Waals surface area contributed by atoms with Gasteiger partial charge in [0.1, 0.15) is 11.3 Å². The maximum atomic E-state index is 16.4. The minimum Gasteiger partial charge on any atom is -0.358 e. The van der Waals surface area contributed by atoms with Gasteiger partial charge < -0.3 is 19.6 Å². The molecule has 0 amide bonds. The van der Waals surface area contributed by atoms with Crippen LogP contribution in [0.15, 0.2) is 48.5 Å². The van der Waals surface area contributed by atoms with Crippen molar-refractivity contribution in [3.05, 3.63) is 59.4 Å². The minimum absolute atomic E-state index is 0.298. The first kappa shape index (κ1) is 24.7. The SMILES string of the molecule is CN(C)CCN(C)c1nc(N2CC(N(C)C)C2)nc2c(F)c(-c3cccc4ccccc34)c(Cl)cc12. The number of anilines is 2. The summed E-state index contributed by atoms with van der Waals surface area (Å²) in [5, 5.41) is 2.96. The molecule has 1 fully saturated rings. The fraction of sp³-hybridized carbons (Fsp3) is 0.357. The van der Waals surface area contributed by atoms with Crippen molar-refractivity contribution in [3.63, 3.8) is 0 Å². The van der Waals surface area contributed by atoms with Crippen LogP contribution in [0.1, 0.15) is 0 Å². The number of aromatic nitrogens is 2. The van der Waals surface area contributed by atoms with Gasteiger partial charge in [-0.2, -0.15) is 4.98 Å². The van der Waals surface area contributed by atoms with E-state index in [4.69, 9.17) is 21.6 Å². The summed E-state index contributed by atoms with van der Waals surface area (Å²) in [7, 11) is 10.2. The van der Waals surface area contributed by atoms with Gasteiger partial charge in [0.2, 0.25) is 5.95 Å². The second kappa shape index (κ2) is 9.81. The quantitative estimate of drug-likeness (QED) is 0.351. The van der Waals surface area contributed by atoms with Gasteiger partial charge in [0, 0.05) is 50.2 Å². The topological polar surface area (TPSA) is 38.7 Å². The van der Waals surface area contributed by atoms with E-state index in [-0.39, 0.29) is 0 Å². The van der Waals surface area contributed by atoms with E-state index in [0.717, 1.165) is 42.5 Å². The lowest BCUT2D eigenvalue weighted by atomic mass is 9.96. The second-order valence-corrected chi connectivity index (χ2v) is 10.5. The summed E-state index contributed by atoms with van der Waals surface area (Å²) in [6, 6.07) is 16.1. The van der Waals surface area contributed by atoms with Crippen molar-refractivity contribution in [2.45, 2.75) is 6.04 Å². The molecule has 1 saturated heterocycles. The van der Waals surface area contributed by atoms with Crippen LogP contribution in [-0.4, -0.2) is 87.2 Å². The summed E-state index contributed by atoms with van der Waals surface area (Å²) in [4.78, 5) is 18.1. The lowest BCUT2D eigenvalue weighted by Crippen LogP contribution is -2.58. The summed E-state index contributed by atoms with van der Waals surface area (Å²) >= 11 is 6.80. The van der Waals surface area contributed by atoms with E-state index < -0.39 is 5.82 Å². The van der Waals surface area contributed by atoms with Crippen molar-refractivity contribution in [2.75, 3.05) is 71.2 Å². The van der Waals surface area contributed by atoms with E-state index in [1.165, 1.54) is 0 Å². The number of hydrogen-bond donors (Lipinski definition) is 0. The summed E-state index contributed by atoms with van der Waals surface area (Å²) in [6.07, 6.45) is 0. The average Bonchev–Trinajstić information content (AvgIpc) is 2.81. The summed E-state index contributed by atoms with van der Waals surface area (Å²) in [6.45, 7) is 3.20. The Morgan fingerprint density at radius 3 is 2.39 bits per heavy atom. The monoisotopic (exact) mass is 506 g/mol. The Balaban J connectivity index is 1.69. The normalized spacial score (nSPS) is 14.3.